The van der Waals surface area contributed by atoms with Crippen molar-refractivity contribution in [2.75, 3.05) is 11.4 Å². The predicted molar refractivity (Wildman–Crippen MR) is 89.7 cm³/mol. The van der Waals surface area contributed by atoms with E-state index in [2.05, 4.69) is 69.9 Å². The summed E-state index contributed by atoms with van der Waals surface area (Å²) in [7, 11) is 0. The van der Waals surface area contributed by atoms with Crippen molar-refractivity contribution < 1.29 is 0 Å². The molecular formula is C17H19BrN2. The topological polar surface area (TPSA) is 29.3 Å². The van der Waals surface area contributed by atoms with Crippen LogP contribution in [0.15, 0.2) is 65.7 Å². The van der Waals surface area contributed by atoms with Gasteiger partial charge in [-0.05, 0) is 29.3 Å². The van der Waals surface area contributed by atoms with Crippen molar-refractivity contribution in [1.82, 2.24) is 0 Å². The Bertz CT molecular complexity index is 566. The van der Waals surface area contributed by atoms with Gasteiger partial charge in [-0.25, -0.2) is 0 Å². The first-order valence-electron chi connectivity index (χ1n) is 6.63. The molecule has 2 rings (SSSR count). The molecule has 0 unspecified atom stereocenters. The molecule has 0 amide bonds. The van der Waals surface area contributed by atoms with Gasteiger partial charge in [0.2, 0.25) is 0 Å². The average Bonchev–Trinajstić information content (AvgIpc) is 2.48. The van der Waals surface area contributed by atoms with Crippen LogP contribution in [0.4, 0.5) is 5.69 Å². The number of hydrogen-bond donors (Lipinski definition) is 1. The van der Waals surface area contributed by atoms with E-state index in [1.54, 1.807) is 0 Å². The molecule has 20 heavy (non-hydrogen) atoms. The number of nitrogens with two attached hydrogens (primary N) is 1. The Morgan fingerprint density at radius 1 is 1.15 bits per heavy atom. The number of halogens is 1. The lowest BCUT2D eigenvalue weighted by atomic mass is 10.1. The largest absolute Gasteiger partial charge is 0.363 e. The van der Waals surface area contributed by atoms with Crippen LogP contribution in [0.2, 0.25) is 0 Å². The van der Waals surface area contributed by atoms with E-state index in [0.717, 1.165) is 23.1 Å². The normalized spacial score (nSPS) is 10.3. The van der Waals surface area contributed by atoms with Crippen LogP contribution >= 0.6 is 15.9 Å². The summed E-state index contributed by atoms with van der Waals surface area (Å²) in [6, 6.07) is 16.7. The fraction of sp³-hybridized carbons (Fsp3) is 0.176. The van der Waals surface area contributed by atoms with Gasteiger partial charge in [-0.1, -0.05) is 52.3 Å². The first-order chi connectivity index (χ1) is 9.74. The van der Waals surface area contributed by atoms with Crippen LogP contribution in [-0.4, -0.2) is 6.54 Å². The molecule has 2 N–H and O–H groups in total. The van der Waals surface area contributed by atoms with E-state index in [4.69, 9.17) is 5.73 Å². The lowest BCUT2D eigenvalue weighted by Crippen LogP contribution is -2.24. The Balaban J connectivity index is 2.30. The van der Waals surface area contributed by atoms with Crippen molar-refractivity contribution in [3.63, 3.8) is 0 Å². The summed E-state index contributed by atoms with van der Waals surface area (Å²) in [6.45, 7) is 6.03. The Kier molecular flexibility index (Phi) is 5.39. The van der Waals surface area contributed by atoms with E-state index in [1.807, 2.05) is 12.1 Å². The molecule has 104 valence electrons. The third-order valence-electron chi connectivity index (χ3n) is 3.17. The molecule has 0 spiro atoms. The molecule has 0 aliphatic carbocycles. The van der Waals surface area contributed by atoms with E-state index in [0.29, 0.717) is 6.54 Å². The molecule has 0 fully saturated rings. The third kappa shape index (κ3) is 3.71. The number of anilines is 1. The molecule has 3 heteroatoms. The first-order valence-corrected chi connectivity index (χ1v) is 7.42. The highest BCUT2D eigenvalue weighted by Crippen LogP contribution is 2.25. The van der Waals surface area contributed by atoms with Gasteiger partial charge in [0.15, 0.2) is 0 Å². The summed E-state index contributed by atoms with van der Waals surface area (Å²) in [5.41, 5.74) is 9.45. The Hall–Kier alpha value is -1.58. The minimum absolute atomic E-state index is 0.525. The maximum absolute atomic E-state index is 5.87. The fourth-order valence-corrected chi connectivity index (χ4v) is 2.64. The zero-order valence-electron chi connectivity index (χ0n) is 11.4. The lowest BCUT2D eigenvalue weighted by molar-refractivity contribution is 0.854. The van der Waals surface area contributed by atoms with Crippen molar-refractivity contribution in [2.24, 2.45) is 5.73 Å². The number of hydrogen-bond acceptors (Lipinski definition) is 2. The summed E-state index contributed by atoms with van der Waals surface area (Å²) < 4.78 is 1.06. The van der Waals surface area contributed by atoms with Gasteiger partial charge in [-0.3, -0.25) is 0 Å². The van der Waals surface area contributed by atoms with Crippen molar-refractivity contribution in [3.8, 4) is 0 Å². The van der Waals surface area contributed by atoms with Gasteiger partial charge in [0.1, 0.15) is 0 Å². The van der Waals surface area contributed by atoms with Gasteiger partial charge >= 0.3 is 0 Å². The van der Waals surface area contributed by atoms with Crippen LogP contribution in [0.3, 0.4) is 0 Å². The van der Waals surface area contributed by atoms with E-state index in [9.17, 15) is 0 Å². The molecule has 0 saturated heterocycles. The second kappa shape index (κ2) is 7.27. The van der Waals surface area contributed by atoms with Crippen LogP contribution in [0.25, 0.3) is 0 Å². The summed E-state index contributed by atoms with van der Waals surface area (Å²) in [5, 5.41) is 0. The van der Waals surface area contributed by atoms with E-state index >= 15 is 0 Å². The molecule has 0 aromatic heterocycles. The Morgan fingerprint density at radius 3 is 2.55 bits per heavy atom. The Morgan fingerprint density at radius 2 is 1.90 bits per heavy atom. The zero-order chi connectivity index (χ0) is 14.4. The number of benzene rings is 2. The van der Waals surface area contributed by atoms with Crippen molar-refractivity contribution in [1.29, 1.82) is 0 Å². The third-order valence-corrected chi connectivity index (χ3v) is 3.66. The predicted octanol–water partition coefficient (Wildman–Crippen LogP) is 4.10. The minimum atomic E-state index is 0.525. The minimum Gasteiger partial charge on any atom is -0.363 e. The molecule has 0 aliphatic rings. The van der Waals surface area contributed by atoms with Crippen LogP contribution in [0, 0.1) is 0 Å². The average molecular weight is 331 g/mol. The molecule has 0 bridgehead atoms. The standard InChI is InChI=1S/C17H19BrN2/c1-2-10-20(13-14-6-4-3-5-7-14)17-9-8-16(18)11-15(17)12-19/h2-9,11H,1,10,12-13,19H2. The van der Waals surface area contributed by atoms with Gasteiger partial charge in [0, 0.05) is 29.8 Å². The van der Waals surface area contributed by atoms with Gasteiger partial charge < -0.3 is 10.6 Å². The molecule has 0 saturated carbocycles. The molecule has 0 aliphatic heterocycles. The molecule has 2 nitrogen and oxygen atoms in total. The maximum atomic E-state index is 5.87. The van der Waals surface area contributed by atoms with Crippen LogP contribution in [0.5, 0.6) is 0 Å². The summed E-state index contributed by atoms with van der Waals surface area (Å²) >= 11 is 3.50. The second-order valence-corrected chi connectivity index (χ2v) is 5.55. The summed E-state index contributed by atoms with van der Waals surface area (Å²) in [5.74, 6) is 0. The van der Waals surface area contributed by atoms with Crippen molar-refractivity contribution in [2.45, 2.75) is 13.1 Å². The van der Waals surface area contributed by atoms with E-state index in [1.165, 1.54) is 11.3 Å². The van der Waals surface area contributed by atoms with Gasteiger partial charge in [0.25, 0.3) is 0 Å². The Labute approximate surface area is 129 Å². The summed E-state index contributed by atoms with van der Waals surface area (Å²) in [4.78, 5) is 2.29. The van der Waals surface area contributed by atoms with Crippen molar-refractivity contribution >= 4 is 21.6 Å². The molecule has 0 radical (unpaired) electrons. The number of nitrogens with zero attached hydrogens (tertiary/aromatic N) is 1. The second-order valence-electron chi connectivity index (χ2n) is 4.63. The highest BCUT2D eigenvalue weighted by molar-refractivity contribution is 9.10. The highest BCUT2D eigenvalue weighted by atomic mass is 79.9. The van der Waals surface area contributed by atoms with Crippen LogP contribution in [-0.2, 0) is 13.1 Å². The first kappa shape index (κ1) is 14.8. The van der Waals surface area contributed by atoms with Gasteiger partial charge in [0.05, 0.1) is 0 Å². The highest BCUT2D eigenvalue weighted by Gasteiger charge is 2.10. The zero-order valence-corrected chi connectivity index (χ0v) is 13.0. The lowest BCUT2D eigenvalue weighted by Gasteiger charge is -2.26. The smallest absolute Gasteiger partial charge is 0.0433 e. The van der Waals surface area contributed by atoms with Crippen LogP contribution in [0.1, 0.15) is 11.1 Å². The molecule has 0 heterocycles. The summed E-state index contributed by atoms with van der Waals surface area (Å²) in [6.07, 6.45) is 1.92. The van der Waals surface area contributed by atoms with Gasteiger partial charge in [-0.2, -0.15) is 0 Å². The molecule has 2 aromatic rings. The maximum Gasteiger partial charge on any atom is 0.0433 e. The monoisotopic (exact) mass is 330 g/mol. The SMILES string of the molecule is C=CCN(Cc1ccccc1)c1ccc(Br)cc1CN. The quantitative estimate of drug-likeness (QED) is 0.808. The van der Waals surface area contributed by atoms with Crippen LogP contribution < -0.4 is 10.6 Å². The van der Waals surface area contributed by atoms with E-state index in [-0.39, 0.29) is 0 Å². The molecular weight excluding hydrogens is 312 g/mol. The molecule has 0 atom stereocenters. The van der Waals surface area contributed by atoms with Crippen molar-refractivity contribution in [3.05, 3.63) is 76.8 Å². The number of rotatable bonds is 6. The molecule has 2 aromatic carbocycles. The van der Waals surface area contributed by atoms with Gasteiger partial charge in [-0.15, -0.1) is 6.58 Å². The van der Waals surface area contributed by atoms with E-state index < -0.39 is 0 Å². The fourth-order valence-electron chi connectivity index (χ4n) is 2.23.